The molecule has 0 aromatic heterocycles. The van der Waals surface area contributed by atoms with Crippen molar-refractivity contribution >= 4 is 16.0 Å². The highest BCUT2D eigenvalue weighted by atomic mass is 32.2. The number of hydrogen-bond acceptors (Lipinski definition) is 5. The van der Waals surface area contributed by atoms with Crippen LogP contribution < -0.4 is 4.74 Å². The molecule has 0 unspecified atom stereocenters. The van der Waals surface area contributed by atoms with Gasteiger partial charge in [-0.25, -0.2) is 13.2 Å². The minimum Gasteiger partial charge on any atom is -0.495 e. The van der Waals surface area contributed by atoms with E-state index in [1.807, 2.05) is 0 Å². The number of carboxylic acid groups (broad SMARTS) is 1. The predicted octanol–water partition coefficient (Wildman–Crippen LogP) is 0.803. The third-order valence-corrected chi connectivity index (χ3v) is 5.34. The van der Waals surface area contributed by atoms with E-state index >= 15 is 0 Å². The molecule has 1 N–H and O–H groups in total. The van der Waals surface area contributed by atoms with Crippen LogP contribution in [0.3, 0.4) is 0 Å². The average molecular weight is 315 g/mol. The van der Waals surface area contributed by atoms with Gasteiger partial charge in [0.15, 0.2) is 0 Å². The summed E-state index contributed by atoms with van der Waals surface area (Å²) < 4.78 is 37.1. The molecule has 1 aromatic rings. The molecular formula is C13H17NO6S. The number of methoxy groups -OCH3 is 1. The van der Waals surface area contributed by atoms with Gasteiger partial charge in [0.05, 0.1) is 25.9 Å². The van der Waals surface area contributed by atoms with Crippen LogP contribution >= 0.6 is 0 Å². The number of ether oxygens (including phenoxy) is 2. The third-order valence-electron chi connectivity index (χ3n) is 3.30. The summed E-state index contributed by atoms with van der Waals surface area (Å²) in [5, 5.41) is 9.03. The van der Waals surface area contributed by atoms with Crippen LogP contribution in [0, 0.1) is 0 Å². The fourth-order valence-corrected chi connectivity index (χ4v) is 3.99. The molecule has 0 spiro atoms. The molecule has 1 aromatic carbocycles. The van der Waals surface area contributed by atoms with E-state index in [-0.39, 0.29) is 28.8 Å². The van der Waals surface area contributed by atoms with Gasteiger partial charge in [-0.3, -0.25) is 0 Å². The Morgan fingerprint density at radius 1 is 1.48 bits per heavy atom. The zero-order valence-corrected chi connectivity index (χ0v) is 12.6. The normalized spacial score (nSPS) is 20.2. The standard InChI is InChI=1S/C13H17NO6S/c1-9-8-20-6-5-14(9)21(17,18)12-7-10(13(15)16)3-4-11(12)19-2/h3-4,7,9H,5-6,8H2,1-2H3,(H,15,16)/t9-/m1/s1. The maximum atomic E-state index is 12.7. The van der Waals surface area contributed by atoms with Gasteiger partial charge in [0.2, 0.25) is 10.0 Å². The van der Waals surface area contributed by atoms with Crippen molar-refractivity contribution in [2.24, 2.45) is 0 Å². The van der Waals surface area contributed by atoms with E-state index in [0.717, 1.165) is 6.07 Å². The molecule has 8 heteroatoms. The first-order valence-corrected chi connectivity index (χ1v) is 7.83. The molecule has 116 valence electrons. The van der Waals surface area contributed by atoms with Crippen molar-refractivity contribution in [3.63, 3.8) is 0 Å². The summed E-state index contributed by atoms with van der Waals surface area (Å²) in [6, 6.07) is 3.46. The van der Waals surface area contributed by atoms with E-state index in [1.54, 1.807) is 6.92 Å². The lowest BCUT2D eigenvalue weighted by atomic mass is 10.2. The molecule has 7 nitrogen and oxygen atoms in total. The number of hydrogen-bond donors (Lipinski definition) is 1. The molecule has 1 fully saturated rings. The van der Waals surface area contributed by atoms with Crippen molar-refractivity contribution in [3.05, 3.63) is 23.8 Å². The van der Waals surface area contributed by atoms with Crippen LogP contribution in [0.25, 0.3) is 0 Å². The molecule has 0 amide bonds. The quantitative estimate of drug-likeness (QED) is 0.883. The van der Waals surface area contributed by atoms with E-state index < -0.39 is 16.0 Å². The third kappa shape index (κ3) is 3.02. The van der Waals surface area contributed by atoms with Crippen molar-refractivity contribution in [1.29, 1.82) is 0 Å². The fourth-order valence-electron chi connectivity index (χ4n) is 2.21. The van der Waals surface area contributed by atoms with E-state index in [4.69, 9.17) is 14.6 Å². The second kappa shape index (κ2) is 6.00. The van der Waals surface area contributed by atoms with Crippen LogP contribution in [0.2, 0.25) is 0 Å². The molecule has 0 radical (unpaired) electrons. The molecule has 0 saturated carbocycles. The Morgan fingerprint density at radius 3 is 2.76 bits per heavy atom. The highest BCUT2D eigenvalue weighted by Crippen LogP contribution is 2.29. The minimum absolute atomic E-state index is 0.102. The number of morpholine rings is 1. The van der Waals surface area contributed by atoms with E-state index in [2.05, 4.69) is 0 Å². The number of sulfonamides is 1. The van der Waals surface area contributed by atoms with Crippen LogP contribution in [0.4, 0.5) is 0 Å². The molecular weight excluding hydrogens is 298 g/mol. The van der Waals surface area contributed by atoms with Crippen LogP contribution in [0.15, 0.2) is 23.1 Å². The van der Waals surface area contributed by atoms with Gasteiger partial charge in [0.1, 0.15) is 10.6 Å². The van der Waals surface area contributed by atoms with Crippen molar-refractivity contribution in [2.75, 3.05) is 26.9 Å². The molecule has 0 aliphatic carbocycles. The lowest BCUT2D eigenvalue weighted by Crippen LogP contribution is -2.47. The Balaban J connectivity index is 2.52. The Morgan fingerprint density at radius 2 is 2.19 bits per heavy atom. The molecule has 1 heterocycles. The second-order valence-electron chi connectivity index (χ2n) is 4.71. The largest absolute Gasteiger partial charge is 0.495 e. The minimum atomic E-state index is -3.84. The maximum Gasteiger partial charge on any atom is 0.335 e. The monoisotopic (exact) mass is 315 g/mol. The summed E-state index contributed by atoms with van der Waals surface area (Å²) in [5.41, 5.74) is -0.102. The summed E-state index contributed by atoms with van der Waals surface area (Å²) in [4.78, 5) is 10.9. The van der Waals surface area contributed by atoms with Gasteiger partial charge in [-0.15, -0.1) is 0 Å². The average Bonchev–Trinajstić information content (AvgIpc) is 2.46. The lowest BCUT2D eigenvalue weighted by molar-refractivity contribution is 0.0392. The zero-order valence-electron chi connectivity index (χ0n) is 11.8. The van der Waals surface area contributed by atoms with Gasteiger partial charge >= 0.3 is 5.97 Å². The lowest BCUT2D eigenvalue weighted by Gasteiger charge is -2.32. The number of rotatable bonds is 4. The Labute approximate surface area is 123 Å². The molecule has 1 aliphatic rings. The molecule has 1 atom stereocenters. The van der Waals surface area contributed by atoms with Crippen LogP contribution in [-0.2, 0) is 14.8 Å². The van der Waals surface area contributed by atoms with Crippen molar-refractivity contribution in [2.45, 2.75) is 17.9 Å². The number of benzene rings is 1. The summed E-state index contributed by atoms with van der Waals surface area (Å²) >= 11 is 0. The number of carbonyl (C=O) groups is 1. The summed E-state index contributed by atoms with van der Waals surface area (Å²) in [6.07, 6.45) is 0. The fraction of sp³-hybridized carbons (Fsp3) is 0.462. The maximum absolute atomic E-state index is 12.7. The molecule has 1 aliphatic heterocycles. The van der Waals surface area contributed by atoms with Gasteiger partial charge in [-0.1, -0.05) is 0 Å². The first-order chi connectivity index (χ1) is 9.87. The van der Waals surface area contributed by atoms with E-state index in [1.165, 1.54) is 23.5 Å². The first-order valence-electron chi connectivity index (χ1n) is 6.39. The van der Waals surface area contributed by atoms with Crippen molar-refractivity contribution < 1.29 is 27.8 Å². The van der Waals surface area contributed by atoms with Crippen molar-refractivity contribution in [3.8, 4) is 5.75 Å². The van der Waals surface area contributed by atoms with Crippen LogP contribution in [-0.4, -0.2) is 56.7 Å². The zero-order chi connectivity index (χ0) is 15.6. The SMILES string of the molecule is COc1ccc(C(=O)O)cc1S(=O)(=O)N1CCOC[C@H]1C. The highest BCUT2D eigenvalue weighted by Gasteiger charge is 2.34. The second-order valence-corrected chi connectivity index (χ2v) is 6.57. The molecule has 21 heavy (non-hydrogen) atoms. The number of aromatic carboxylic acids is 1. The van der Waals surface area contributed by atoms with Gasteiger partial charge in [-0.2, -0.15) is 4.31 Å². The Hall–Kier alpha value is -1.64. The Kier molecular flexibility index (Phi) is 4.50. The summed E-state index contributed by atoms with van der Waals surface area (Å²) in [7, 11) is -2.50. The predicted molar refractivity (Wildman–Crippen MR) is 74.1 cm³/mol. The molecule has 2 rings (SSSR count). The summed E-state index contributed by atoms with van der Waals surface area (Å²) in [6.45, 7) is 2.58. The topological polar surface area (TPSA) is 93.1 Å². The van der Waals surface area contributed by atoms with Crippen molar-refractivity contribution in [1.82, 2.24) is 4.31 Å². The van der Waals surface area contributed by atoms with Gasteiger partial charge in [0.25, 0.3) is 0 Å². The summed E-state index contributed by atoms with van der Waals surface area (Å²) in [5.74, 6) is -1.07. The first kappa shape index (κ1) is 15.7. The van der Waals surface area contributed by atoms with E-state index in [9.17, 15) is 13.2 Å². The van der Waals surface area contributed by atoms with Crippen LogP contribution in [0.5, 0.6) is 5.75 Å². The van der Waals surface area contributed by atoms with Crippen LogP contribution in [0.1, 0.15) is 17.3 Å². The Bertz CT molecular complexity index is 642. The highest BCUT2D eigenvalue weighted by molar-refractivity contribution is 7.89. The molecule has 0 bridgehead atoms. The number of carboxylic acids is 1. The van der Waals surface area contributed by atoms with Gasteiger partial charge in [0, 0.05) is 12.6 Å². The number of nitrogens with zero attached hydrogens (tertiary/aromatic N) is 1. The van der Waals surface area contributed by atoms with E-state index in [0.29, 0.717) is 13.2 Å². The van der Waals surface area contributed by atoms with Gasteiger partial charge < -0.3 is 14.6 Å². The molecule has 1 saturated heterocycles. The van der Waals surface area contributed by atoms with Gasteiger partial charge in [-0.05, 0) is 25.1 Å². The smallest absolute Gasteiger partial charge is 0.335 e.